The van der Waals surface area contributed by atoms with Crippen molar-refractivity contribution < 1.29 is 9.18 Å². The zero-order valence-electron chi connectivity index (χ0n) is 10.6. The molecule has 5 heteroatoms. The minimum atomic E-state index is -0.291. The van der Waals surface area contributed by atoms with Gasteiger partial charge >= 0.3 is 0 Å². The molecule has 2 aromatic rings. The number of benzene rings is 1. The van der Waals surface area contributed by atoms with Crippen LogP contribution in [-0.4, -0.2) is 21.7 Å². The quantitative estimate of drug-likeness (QED) is 0.918. The van der Waals surface area contributed by atoms with Gasteiger partial charge in [-0.05, 0) is 44.0 Å². The lowest BCUT2D eigenvalue weighted by Gasteiger charge is -2.06. The topological polar surface area (TPSA) is 46.9 Å². The van der Waals surface area contributed by atoms with Gasteiger partial charge in [-0.1, -0.05) is 0 Å². The lowest BCUT2D eigenvalue weighted by Crippen LogP contribution is -2.25. The summed E-state index contributed by atoms with van der Waals surface area (Å²) < 4.78 is 14.5. The molecule has 0 unspecified atom stereocenters. The number of hydrogen-bond donors (Lipinski definition) is 1. The molecule has 1 N–H and O–H groups in total. The molecule has 1 saturated carbocycles. The van der Waals surface area contributed by atoms with Gasteiger partial charge in [0.1, 0.15) is 5.82 Å². The minimum Gasteiger partial charge on any atom is -0.349 e. The summed E-state index contributed by atoms with van der Waals surface area (Å²) in [6.07, 6.45) is 3.66. The summed E-state index contributed by atoms with van der Waals surface area (Å²) in [6, 6.07) is 6.34. The first-order valence-corrected chi connectivity index (χ1v) is 6.26. The van der Waals surface area contributed by atoms with Crippen LogP contribution in [0.15, 0.2) is 30.5 Å². The highest BCUT2D eigenvalue weighted by molar-refractivity contribution is 5.95. The van der Waals surface area contributed by atoms with Gasteiger partial charge in [0.05, 0.1) is 23.1 Å². The van der Waals surface area contributed by atoms with Crippen LogP contribution in [0.1, 0.15) is 28.9 Å². The number of hydrogen-bond acceptors (Lipinski definition) is 2. The van der Waals surface area contributed by atoms with E-state index in [1.165, 1.54) is 12.1 Å². The van der Waals surface area contributed by atoms with E-state index in [1.54, 1.807) is 23.0 Å². The molecule has 1 fully saturated rings. The molecule has 98 valence electrons. The molecule has 0 aliphatic heterocycles. The maximum absolute atomic E-state index is 12.9. The maximum Gasteiger partial charge on any atom is 0.254 e. The fourth-order valence-corrected chi connectivity index (χ4v) is 1.97. The maximum atomic E-state index is 12.9. The van der Waals surface area contributed by atoms with Gasteiger partial charge in [-0.25, -0.2) is 9.07 Å². The molecule has 0 spiro atoms. The van der Waals surface area contributed by atoms with Gasteiger partial charge in [-0.3, -0.25) is 4.79 Å². The second kappa shape index (κ2) is 4.50. The standard InChI is InChI=1S/C14H14FN3O/c1-9-13(14(19)17-11-4-5-11)8-16-18(9)12-6-2-10(15)3-7-12/h2-3,6-8,11H,4-5H2,1H3,(H,17,19). The molecular weight excluding hydrogens is 245 g/mol. The Morgan fingerprint density at radius 1 is 1.37 bits per heavy atom. The van der Waals surface area contributed by atoms with Crippen LogP contribution in [0.5, 0.6) is 0 Å². The lowest BCUT2D eigenvalue weighted by molar-refractivity contribution is 0.0950. The monoisotopic (exact) mass is 259 g/mol. The normalized spacial score (nSPS) is 14.4. The van der Waals surface area contributed by atoms with Gasteiger partial charge in [0.25, 0.3) is 5.91 Å². The summed E-state index contributed by atoms with van der Waals surface area (Å²) in [4.78, 5) is 12.0. The van der Waals surface area contributed by atoms with Gasteiger partial charge in [0, 0.05) is 6.04 Å². The van der Waals surface area contributed by atoms with Crippen LogP contribution in [0, 0.1) is 12.7 Å². The Hall–Kier alpha value is -2.17. The summed E-state index contributed by atoms with van der Waals surface area (Å²) in [6.45, 7) is 1.83. The van der Waals surface area contributed by atoms with Crippen LogP contribution in [-0.2, 0) is 0 Å². The highest BCUT2D eigenvalue weighted by Gasteiger charge is 2.25. The molecule has 1 heterocycles. The molecule has 1 aromatic heterocycles. The molecular formula is C14H14FN3O. The first-order valence-electron chi connectivity index (χ1n) is 6.26. The molecule has 19 heavy (non-hydrogen) atoms. The van der Waals surface area contributed by atoms with E-state index in [-0.39, 0.29) is 11.7 Å². The Balaban J connectivity index is 1.89. The highest BCUT2D eigenvalue weighted by atomic mass is 19.1. The van der Waals surface area contributed by atoms with Crippen LogP contribution in [0.4, 0.5) is 4.39 Å². The largest absolute Gasteiger partial charge is 0.349 e. The minimum absolute atomic E-state index is 0.0895. The molecule has 0 atom stereocenters. The highest BCUT2D eigenvalue weighted by Crippen LogP contribution is 2.20. The summed E-state index contributed by atoms with van der Waals surface area (Å²) in [5, 5.41) is 7.13. The van der Waals surface area contributed by atoms with E-state index in [1.807, 2.05) is 6.92 Å². The number of nitrogens with zero attached hydrogens (tertiary/aromatic N) is 2. The third-order valence-electron chi connectivity index (χ3n) is 3.24. The fraction of sp³-hybridized carbons (Fsp3) is 0.286. The predicted molar refractivity (Wildman–Crippen MR) is 68.7 cm³/mol. The van der Waals surface area contributed by atoms with Crippen LogP contribution < -0.4 is 5.32 Å². The van der Waals surface area contributed by atoms with Crippen molar-refractivity contribution in [2.45, 2.75) is 25.8 Å². The van der Waals surface area contributed by atoms with Crippen molar-refractivity contribution >= 4 is 5.91 Å². The fourth-order valence-electron chi connectivity index (χ4n) is 1.97. The van der Waals surface area contributed by atoms with Gasteiger partial charge in [-0.2, -0.15) is 5.10 Å². The molecule has 1 aromatic carbocycles. The number of carbonyl (C=O) groups excluding carboxylic acids is 1. The van der Waals surface area contributed by atoms with Crippen molar-refractivity contribution in [3.63, 3.8) is 0 Å². The van der Waals surface area contributed by atoms with Gasteiger partial charge < -0.3 is 5.32 Å². The Morgan fingerprint density at radius 2 is 2.05 bits per heavy atom. The lowest BCUT2D eigenvalue weighted by atomic mass is 10.2. The first-order chi connectivity index (χ1) is 9.15. The number of carbonyl (C=O) groups is 1. The SMILES string of the molecule is Cc1c(C(=O)NC2CC2)cnn1-c1ccc(F)cc1. The number of rotatable bonds is 3. The average molecular weight is 259 g/mol. The summed E-state index contributed by atoms with van der Waals surface area (Å²) >= 11 is 0. The van der Waals surface area contributed by atoms with Crippen molar-refractivity contribution in [1.29, 1.82) is 0 Å². The molecule has 1 aliphatic carbocycles. The van der Waals surface area contributed by atoms with Crippen LogP contribution in [0.3, 0.4) is 0 Å². The zero-order valence-corrected chi connectivity index (χ0v) is 10.6. The summed E-state index contributed by atoms with van der Waals surface area (Å²) in [7, 11) is 0. The Labute approximate surface area is 110 Å². The number of aromatic nitrogens is 2. The van der Waals surface area contributed by atoms with E-state index >= 15 is 0 Å². The van der Waals surface area contributed by atoms with Crippen molar-refractivity contribution in [1.82, 2.24) is 15.1 Å². The summed E-state index contributed by atoms with van der Waals surface area (Å²) in [5.74, 6) is -0.381. The third kappa shape index (κ3) is 2.36. The van der Waals surface area contributed by atoms with Crippen molar-refractivity contribution in [2.75, 3.05) is 0 Å². The molecule has 4 nitrogen and oxygen atoms in total. The van der Waals surface area contributed by atoms with Crippen molar-refractivity contribution in [2.24, 2.45) is 0 Å². The molecule has 1 amide bonds. The molecule has 1 aliphatic rings. The number of halogens is 1. The van der Waals surface area contributed by atoms with E-state index in [4.69, 9.17) is 0 Å². The average Bonchev–Trinajstić information content (AvgIpc) is 3.12. The Bertz CT molecular complexity index is 614. The molecule has 0 bridgehead atoms. The Morgan fingerprint density at radius 3 is 2.68 bits per heavy atom. The second-order valence-electron chi connectivity index (χ2n) is 4.78. The van der Waals surface area contributed by atoms with Gasteiger partial charge in [-0.15, -0.1) is 0 Å². The first kappa shape index (κ1) is 11.9. The van der Waals surface area contributed by atoms with Crippen molar-refractivity contribution in [3.8, 4) is 5.69 Å². The van der Waals surface area contributed by atoms with Crippen LogP contribution in [0.2, 0.25) is 0 Å². The van der Waals surface area contributed by atoms with Gasteiger partial charge in [0.15, 0.2) is 0 Å². The number of amides is 1. The van der Waals surface area contributed by atoms with E-state index in [2.05, 4.69) is 10.4 Å². The van der Waals surface area contributed by atoms with Crippen LogP contribution in [0.25, 0.3) is 5.69 Å². The van der Waals surface area contributed by atoms with Crippen LogP contribution >= 0.6 is 0 Å². The van der Waals surface area contributed by atoms with Gasteiger partial charge in [0.2, 0.25) is 0 Å². The molecule has 3 rings (SSSR count). The van der Waals surface area contributed by atoms with E-state index in [0.29, 0.717) is 11.6 Å². The Kier molecular flexibility index (Phi) is 2.81. The zero-order chi connectivity index (χ0) is 13.4. The van der Waals surface area contributed by atoms with Crippen molar-refractivity contribution in [3.05, 3.63) is 47.5 Å². The third-order valence-corrected chi connectivity index (χ3v) is 3.24. The second-order valence-corrected chi connectivity index (χ2v) is 4.78. The molecule has 0 saturated heterocycles. The van der Waals surface area contributed by atoms with E-state index in [9.17, 15) is 9.18 Å². The van der Waals surface area contributed by atoms with E-state index < -0.39 is 0 Å². The van der Waals surface area contributed by atoms with E-state index in [0.717, 1.165) is 24.2 Å². The smallest absolute Gasteiger partial charge is 0.254 e. The number of nitrogens with one attached hydrogen (secondary N) is 1. The molecule has 0 radical (unpaired) electrons. The predicted octanol–water partition coefficient (Wildman–Crippen LogP) is 2.21. The summed E-state index contributed by atoms with van der Waals surface area (Å²) in [5.41, 5.74) is 2.06.